The maximum atomic E-state index is 12.8. The fourth-order valence-corrected chi connectivity index (χ4v) is 2.24. The quantitative estimate of drug-likeness (QED) is 0.929. The molecule has 1 aliphatic heterocycles. The van der Waals surface area contributed by atoms with Crippen molar-refractivity contribution in [3.63, 3.8) is 0 Å². The van der Waals surface area contributed by atoms with Crippen LogP contribution in [0, 0.1) is 0 Å². The lowest BCUT2D eigenvalue weighted by atomic mass is 9.84. The maximum Gasteiger partial charge on any atom is 0.416 e. The molecule has 0 aromatic heterocycles. The van der Waals surface area contributed by atoms with Gasteiger partial charge in [0.2, 0.25) is 0 Å². The van der Waals surface area contributed by atoms with Crippen LogP contribution < -0.4 is 5.32 Å². The Hall–Kier alpha value is -1.72. The molecule has 1 heterocycles. The van der Waals surface area contributed by atoms with Gasteiger partial charge in [-0.3, -0.25) is 4.99 Å². The number of hydrogen-bond acceptors (Lipinski definition) is 3. The van der Waals surface area contributed by atoms with Crippen LogP contribution in [0.25, 0.3) is 0 Å². The molecule has 0 fully saturated rings. The summed E-state index contributed by atoms with van der Waals surface area (Å²) >= 11 is 0. The van der Waals surface area contributed by atoms with Crippen LogP contribution in [-0.2, 0) is 11.6 Å². The number of halogens is 3. The number of alkyl halides is 3. The van der Waals surface area contributed by atoms with Gasteiger partial charge in [0, 0.05) is 25.6 Å². The second-order valence-electron chi connectivity index (χ2n) is 5.94. The molecular formula is C15H20F3N3. The molecule has 0 atom stereocenters. The molecule has 6 heteroatoms. The molecule has 0 bridgehead atoms. The van der Waals surface area contributed by atoms with Crippen LogP contribution in [0.15, 0.2) is 29.3 Å². The molecule has 0 radical (unpaired) electrons. The zero-order valence-corrected chi connectivity index (χ0v) is 12.5. The van der Waals surface area contributed by atoms with Gasteiger partial charge in [-0.25, -0.2) is 0 Å². The lowest BCUT2D eigenvalue weighted by Crippen LogP contribution is -2.42. The van der Waals surface area contributed by atoms with E-state index >= 15 is 0 Å². The van der Waals surface area contributed by atoms with Crippen LogP contribution in [0.3, 0.4) is 0 Å². The number of guanidine groups is 1. The van der Waals surface area contributed by atoms with Crippen molar-refractivity contribution in [1.29, 1.82) is 0 Å². The molecule has 1 aliphatic rings. The lowest BCUT2D eigenvalue weighted by molar-refractivity contribution is -0.137. The predicted molar refractivity (Wildman–Crippen MR) is 77.4 cm³/mol. The van der Waals surface area contributed by atoms with Gasteiger partial charge in [-0.1, -0.05) is 32.0 Å². The Kier molecular flexibility index (Phi) is 4.16. The topological polar surface area (TPSA) is 27.6 Å². The molecule has 0 spiro atoms. The highest BCUT2D eigenvalue weighted by Crippen LogP contribution is 2.32. The largest absolute Gasteiger partial charge is 0.416 e. The Morgan fingerprint density at radius 3 is 2.48 bits per heavy atom. The van der Waals surface area contributed by atoms with Crippen molar-refractivity contribution < 1.29 is 13.2 Å². The zero-order chi connectivity index (χ0) is 15.7. The molecule has 0 amide bonds. The van der Waals surface area contributed by atoms with Gasteiger partial charge in [0.05, 0.1) is 12.1 Å². The number of likely N-dealkylation sites (N-methyl/N-ethyl adjacent to an activating group) is 1. The minimum atomic E-state index is -4.31. The Balaban J connectivity index is 2.12. The van der Waals surface area contributed by atoms with Crippen molar-refractivity contribution in [3.8, 4) is 0 Å². The van der Waals surface area contributed by atoms with E-state index in [1.54, 1.807) is 6.07 Å². The molecule has 1 aromatic carbocycles. The highest BCUT2D eigenvalue weighted by atomic mass is 19.4. The van der Waals surface area contributed by atoms with Gasteiger partial charge >= 0.3 is 6.18 Å². The molecule has 0 unspecified atom stereocenters. The zero-order valence-electron chi connectivity index (χ0n) is 12.5. The van der Waals surface area contributed by atoms with Crippen LogP contribution in [0.5, 0.6) is 0 Å². The van der Waals surface area contributed by atoms with E-state index in [1.165, 1.54) is 12.1 Å². The normalized spacial score (nSPS) is 16.1. The average molecular weight is 299 g/mol. The van der Waals surface area contributed by atoms with Crippen molar-refractivity contribution in [2.24, 2.45) is 4.99 Å². The van der Waals surface area contributed by atoms with Crippen molar-refractivity contribution in [1.82, 2.24) is 10.2 Å². The van der Waals surface area contributed by atoms with Gasteiger partial charge in [0.25, 0.3) is 0 Å². The van der Waals surface area contributed by atoms with Crippen LogP contribution in [-0.4, -0.2) is 37.5 Å². The Morgan fingerprint density at radius 1 is 1.24 bits per heavy atom. The number of hydrogen-bond donors (Lipinski definition) is 1. The number of benzene rings is 1. The molecule has 1 aromatic rings. The van der Waals surface area contributed by atoms with Crippen LogP contribution in [0.4, 0.5) is 13.2 Å². The number of nitrogens with zero attached hydrogens (tertiary/aromatic N) is 2. The summed E-state index contributed by atoms with van der Waals surface area (Å²) < 4.78 is 38.4. The number of rotatable bonds is 3. The first-order valence-electron chi connectivity index (χ1n) is 6.87. The van der Waals surface area contributed by atoms with E-state index in [0.717, 1.165) is 25.1 Å². The van der Waals surface area contributed by atoms with Gasteiger partial charge in [-0.05, 0) is 11.6 Å². The molecule has 21 heavy (non-hydrogen) atoms. The highest BCUT2D eigenvalue weighted by Gasteiger charge is 2.32. The highest BCUT2D eigenvalue weighted by molar-refractivity contribution is 5.81. The molecule has 0 saturated heterocycles. The molecule has 0 saturated carbocycles. The summed E-state index contributed by atoms with van der Waals surface area (Å²) in [6.45, 7) is 5.99. The summed E-state index contributed by atoms with van der Waals surface area (Å²) in [6, 6.07) is 5.51. The first kappa shape index (κ1) is 15.7. The van der Waals surface area contributed by atoms with Crippen molar-refractivity contribution >= 4 is 5.96 Å². The first-order chi connectivity index (χ1) is 9.70. The van der Waals surface area contributed by atoms with Crippen molar-refractivity contribution in [3.05, 3.63) is 35.4 Å². The van der Waals surface area contributed by atoms with E-state index in [0.29, 0.717) is 12.1 Å². The van der Waals surface area contributed by atoms with Crippen LogP contribution >= 0.6 is 0 Å². The van der Waals surface area contributed by atoms with E-state index in [4.69, 9.17) is 0 Å². The molecule has 116 valence electrons. The van der Waals surface area contributed by atoms with E-state index in [2.05, 4.69) is 10.3 Å². The summed E-state index contributed by atoms with van der Waals surface area (Å²) in [5, 5.41) is 3.22. The van der Waals surface area contributed by atoms with E-state index in [1.807, 2.05) is 25.8 Å². The lowest BCUT2D eigenvalue weighted by Gasteiger charge is -2.28. The van der Waals surface area contributed by atoms with Crippen LogP contribution in [0.1, 0.15) is 25.0 Å². The summed E-state index contributed by atoms with van der Waals surface area (Å²) in [4.78, 5) is 6.32. The second kappa shape index (κ2) is 5.58. The third-order valence-electron chi connectivity index (χ3n) is 3.72. The van der Waals surface area contributed by atoms with Gasteiger partial charge in [-0.2, -0.15) is 13.2 Å². The average Bonchev–Trinajstić information content (AvgIpc) is 2.81. The van der Waals surface area contributed by atoms with Gasteiger partial charge in [0.15, 0.2) is 5.96 Å². The van der Waals surface area contributed by atoms with E-state index < -0.39 is 17.2 Å². The summed E-state index contributed by atoms with van der Waals surface area (Å²) in [5.41, 5.74) is -0.373. The third-order valence-corrected chi connectivity index (χ3v) is 3.72. The fourth-order valence-electron chi connectivity index (χ4n) is 2.24. The first-order valence-corrected chi connectivity index (χ1v) is 6.87. The molecular weight excluding hydrogens is 279 g/mol. The number of nitrogens with one attached hydrogen (secondary N) is 1. The molecule has 0 aliphatic carbocycles. The van der Waals surface area contributed by atoms with Crippen molar-refractivity contribution in [2.75, 3.05) is 26.7 Å². The molecule has 3 nitrogen and oxygen atoms in total. The minimum absolute atomic E-state index is 0.423. The maximum absolute atomic E-state index is 12.8. The predicted octanol–water partition coefficient (Wildman–Crippen LogP) is 2.87. The Bertz CT molecular complexity index is 535. The molecule has 2 rings (SSSR count). The monoisotopic (exact) mass is 299 g/mol. The van der Waals surface area contributed by atoms with Gasteiger partial charge in [-0.15, -0.1) is 0 Å². The summed E-state index contributed by atoms with van der Waals surface area (Å²) in [5.74, 6) is 0.801. The third kappa shape index (κ3) is 3.68. The summed E-state index contributed by atoms with van der Waals surface area (Å²) in [6.07, 6.45) is -4.31. The van der Waals surface area contributed by atoms with Crippen LogP contribution in [0.2, 0.25) is 0 Å². The smallest absolute Gasteiger partial charge is 0.355 e. The standard InChI is InChI=1S/C15H20F3N3/c1-14(2,10-20-13-19-7-8-21(13)3)11-5-4-6-12(9-11)15(16,17)18/h4-6,9H,7-8,10H2,1-3H3,(H,19,20). The van der Waals surface area contributed by atoms with E-state index in [9.17, 15) is 13.2 Å². The van der Waals surface area contributed by atoms with Crippen molar-refractivity contribution in [2.45, 2.75) is 25.4 Å². The minimum Gasteiger partial charge on any atom is -0.355 e. The number of aliphatic imine (C=N–C) groups is 1. The SMILES string of the molecule is CN1CCN=C1NCC(C)(C)c1cccc(C(F)(F)F)c1. The summed E-state index contributed by atoms with van der Waals surface area (Å²) in [7, 11) is 1.94. The second-order valence-corrected chi connectivity index (χ2v) is 5.94. The Morgan fingerprint density at radius 2 is 1.90 bits per heavy atom. The molecule has 1 N–H and O–H groups in total. The fraction of sp³-hybridized carbons (Fsp3) is 0.533. The van der Waals surface area contributed by atoms with Gasteiger partial charge < -0.3 is 10.2 Å². The Labute approximate surface area is 122 Å². The van der Waals surface area contributed by atoms with E-state index in [-0.39, 0.29) is 0 Å². The van der Waals surface area contributed by atoms with Gasteiger partial charge in [0.1, 0.15) is 0 Å².